The van der Waals surface area contributed by atoms with Crippen LogP contribution in [0.4, 0.5) is 0 Å². The quantitative estimate of drug-likeness (QED) is 0.674. The first-order valence-corrected chi connectivity index (χ1v) is 7.76. The molecule has 124 valence electrons. The molecule has 22 heavy (non-hydrogen) atoms. The van der Waals surface area contributed by atoms with Gasteiger partial charge in [0.2, 0.25) is 0 Å². The fourth-order valence-corrected chi connectivity index (χ4v) is 2.43. The maximum absolute atomic E-state index is 10.2. The van der Waals surface area contributed by atoms with Crippen molar-refractivity contribution in [3.63, 3.8) is 0 Å². The van der Waals surface area contributed by atoms with Crippen LogP contribution in [0.3, 0.4) is 0 Å². The van der Waals surface area contributed by atoms with Crippen LogP contribution in [0, 0.1) is 0 Å². The average Bonchev–Trinajstić information content (AvgIpc) is 2.51. The van der Waals surface area contributed by atoms with Crippen LogP contribution < -0.4 is 9.47 Å². The Morgan fingerprint density at radius 2 is 2.00 bits per heavy atom. The zero-order valence-corrected chi connectivity index (χ0v) is 14.2. The van der Waals surface area contributed by atoms with E-state index in [4.69, 9.17) is 9.47 Å². The first-order chi connectivity index (χ1) is 10.5. The van der Waals surface area contributed by atoms with E-state index >= 15 is 0 Å². The van der Waals surface area contributed by atoms with Gasteiger partial charge in [-0.1, -0.05) is 18.2 Å². The van der Waals surface area contributed by atoms with Gasteiger partial charge in [-0.3, -0.25) is 4.90 Å². The Morgan fingerprint density at radius 1 is 1.27 bits per heavy atom. The minimum Gasteiger partial charge on any atom is -0.493 e. The standard InChI is InChI=1S/C18H29NO3/c1-6-7-10-16(20)13-19(14(2)3)12-15-9-8-11-17(21-4)18(15)22-5/h6,8-9,11,14,16,20H,1,7,10,12-13H2,2-5H3/t16-/m1/s1. The zero-order valence-electron chi connectivity index (χ0n) is 14.2. The highest BCUT2D eigenvalue weighted by atomic mass is 16.5. The summed E-state index contributed by atoms with van der Waals surface area (Å²) in [5.41, 5.74) is 1.06. The normalized spacial score (nSPS) is 12.5. The smallest absolute Gasteiger partial charge is 0.165 e. The van der Waals surface area contributed by atoms with E-state index in [1.165, 1.54) is 0 Å². The molecule has 0 fully saturated rings. The van der Waals surface area contributed by atoms with E-state index in [2.05, 4.69) is 25.3 Å². The van der Waals surface area contributed by atoms with E-state index in [0.29, 0.717) is 19.1 Å². The highest BCUT2D eigenvalue weighted by Crippen LogP contribution is 2.31. The molecule has 0 aromatic heterocycles. The molecule has 1 rings (SSSR count). The first-order valence-electron chi connectivity index (χ1n) is 7.76. The second-order valence-corrected chi connectivity index (χ2v) is 5.70. The zero-order chi connectivity index (χ0) is 16.5. The van der Waals surface area contributed by atoms with Crippen molar-refractivity contribution in [3.05, 3.63) is 36.4 Å². The number of aliphatic hydroxyl groups excluding tert-OH is 1. The number of ether oxygens (including phenoxy) is 2. The van der Waals surface area contributed by atoms with Crippen molar-refractivity contribution in [1.29, 1.82) is 0 Å². The van der Waals surface area contributed by atoms with Crippen LogP contribution in [0.15, 0.2) is 30.9 Å². The maximum Gasteiger partial charge on any atom is 0.165 e. The van der Waals surface area contributed by atoms with Crippen LogP contribution in [-0.4, -0.2) is 42.9 Å². The molecule has 0 saturated carbocycles. The number of methoxy groups -OCH3 is 2. The monoisotopic (exact) mass is 307 g/mol. The molecule has 0 unspecified atom stereocenters. The Balaban J connectivity index is 2.85. The van der Waals surface area contributed by atoms with Crippen LogP contribution >= 0.6 is 0 Å². The molecule has 0 heterocycles. The summed E-state index contributed by atoms with van der Waals surface area (Å²) in [4.78, 5) is 2.24. The van der Waals surface area contributed by atoms with Gasteiger partial charge in [-0.2, -0.15) is 0 Å². The van der Waals surface area contributed by atoms with Crippen molar-refractivity contribution < 1.29 is 14.6 Å². The largest absolute Gasteiger partial charge is 0.493 e. The third kappa shape index (κ3) is 5.35. The van der Waals surface area contributed by atoms with Gasteiger partial charge >= 0.3 is 0 Å². The van der Waals surface area contributed by atoms with Gasteiger partial charge in [0.05, 0.1) is 20.3 Å². The van der Waals surface area contributed by atoms with Gasteiger partial charge in [0.25, 0.3) is 0 Å². The van der Waals surface area contributed by atoms with E-state index in [1.807, 2.05) is 24.3 Å². The lowest BCUT2D eigenvalue weighted by Crippen LogP contribution is -2.37. The third-order valence-electron chi connectivity index (χ3n) is 3.74. The number of nitrogens with zero attached hydrogens (tertiary/aromatic N) is 1. The SMILES string of the molecule is C=CCC[C@@H](O)CN(Cc1cccc(OC)c1OC)C(C)C. The number of benzene rings is 1. The summed E-state index contributed by atoms with van der Waals surface area (Å²) in [6.45, 7) is 9.31. The van der Waals surface area contributed by atoms with Crippen LogP contribution in [0.2, 0.25) is 0 Å². The van der Waals surface area contributed by atoms with E-state index in [0.717, 1.165) is 29.9 Å². The highest BCUT2D eigenvalue weighted by molar-refractivity contribution is 5.46. The number of allylic oxidation sites excluding steroid dienone is 1. The van der Waals surface area contributed by atoms with Crippen molar-refractivity contribution in [1.82, 2.24) is 4.90 Å². The molecule has 0 saturated heterocycles. The average molecular weight is 307 g/mol. The summed E-state index contributed by atoms with van der Waals surface area (Å²) in [7, 11) is 3.29. The minimum atomic E-state index is -0.350. The molecule has 0 spiro atoms. The summed E-state index contributed by atoms with van der Waals surface area (Å²) < 4.78 is 10.8. The third-order valence-corrected chi connectivity index (χ3v) is 3.74. The number of hydrogen-bond donors (Lipinski definition) is 1. The van der Waals surface area contributed by atoms with Crippen LogP contribution in [0.1, 0.15) is 32.3 Å². The Kier molecular flexibility index (Phi) is 7.99. The summed E-state index contributed by atoms with van der Waals surface area (Å²) in [5.74, 6) is 1.49. The van der Waals surface area contributed by atoms with E-state index in [9.17, 15) is 5.11 Å². The number of aliphatic hydroxyl groups is 1. The molecule has 0 aliphatic rings. The molecule has 0 bridgehead atoms. The van der Waals surface area contributed by atoms with Crippen molar-refractivity contribution in [2.75, 3.05) is 20.8 Å². The fourth-order valence-electron chi connectivity index (χ4n) is 2.43. The van der Waals surface area contributed by atoms with Crippen molar-refractivity contribution in [3.8, 4) is 11.5 Å². The maximum atomic E-state index is 10.2. The van der Waals surface area contributed by atoms with Gasteiger partial charge in [0, 0.05) is 24.7 Å². The Labute approximate surface area is 134 Å². The molecule has 1 aromatic rings. The lowest BCUT2D eigenvalue weighted by Gasteiger charge is -2.29. The second-order valence-electron chi connectivity index (χ2n) is 5.70. The minimum absolute atomic E-state index is 0.328. The summed E-state index contributed by atoms with van der Waals surface area (Å²) in [6, 6.07) is 6.21. The van der Waals surface area contributed by atoms with Gasteiger partial charge in [0.1, 0.15) is 0 Å². The molecule has 0 radical (unpaired) electrons. The summed E-state index contributed by atoms with van der Waals surface area (Å²) in [5, 5.41) is 10.2. The molecule has 0 amide bonds. The van der Waals surface area contributed by atoms with Crippen LogP contribution in [0.5, 0.6) is 11.5 Å². The predicted molar refractivity (Wildman–Crippen MR) is 90.5 cm³/mol. The molecule has 1 N–H and O–H groups in total. The van der Waals surface area contributed by atoms with E-state index in [-0.39, 0.29) is 6.10 Å². The van der Waals surface area contributed by atoms with Gasteiger partial charge in [-0.25, -0.2) is 0 Å². The van der Waals surface area contributed by atoms with Crippen LogP contribution in [0.25, 0.3) is 0 Å². The molecule has 0 aliphatic carbocycles. The van der Waals surface area contributed by atoms with Gasteiger partial charge in [-0.05, 0) is 32.8 Å². The summed E-state index contributed by atoms with van der Waals surface area (Å²) in [6.07, 6.45) is 3.06. The van der Waals surface area contributed by atoms with E-state index < -0.39 is 0 Å². The molecule has 0 aliphatic heterocycles. The Morgan fingerprint density at radius 3 is 2.55 bits per heavy atom. The number of rotatable bonds is 10. The second kappa shape index (κ2) is 9.49. The Hall–Kier alpha value is -1.52. The van der Waals surface area contributed by atoms with Crippen molar-refractivity contribution >= 4 is 0 Å². The predicted octanol–water partition coefficient (Wildman–Crippen LogP) is 3.24. The molecular weight excluding hydrogens is 278 g/mol. The number of hydrogen-bond acceptors (Lipinski definition) is 4. The highest BCUT2D eigenvalue weighted by Gasteiger charge is 2.18. The lowest BCUT2D eigenvalue weighted by molar-refractivity contribution is 0.0849. The molecule has 4 nitrogen and oxygen atoms in total. The van der Waals surface area contributed by atoms with Crippen molar-refractivity contribution in [2.45, 2.75) is 45.4 Å². The number of para-hydroxylation sites is 1. The molecule has 1 atom stereocenters. The Bertz CT molecular complexity index is 460. The van der Waals surface area contributed by atoms with Gasteiger partial charge in [0.15, 0.2) is 11.5 Å². The van der Waals surface area contributed by atoms with E-state index in [1.54, 1.807) is 14.2 Å². The lowest BCUT2D eigenvalue weighted by atomic mass is 10.1. The first kappa shape index (κ1) is 18.5. The topological polar surface area (TPSA) is 41.9 Å². The van der Waals surface area contributed by atoms with Gasteiger partial charge in [-0.15, -0.1) is 6.58 Å². The van der Waals surface area contributed by atoms with Gasteiger partial charge < -0.3 is 14.6 Å². The summed E-state index contributed by atoms with van der Waals surface area (Å²) >= 11 is 0. The molecule has 1 aromatic carbocycles. The molecule has 4 heteroatoms. The van der Waals surface area contributed by atoms with Crippen molar-refractivity contribution in [2.24, 2.45) is 0 Å². The molecular formula is C18H29NO3. The fraction of sp³-hybridized carbons (Fsp3) is 0.556. The van der Waals surface area contributed by atoms with Crippen LogP contribution in [-0.2, 0) is 6.54 Å².